The third-order valence-corrected chi connectivity index (χ3v) is 6.63. The minimum Gasteiger partial charge on any atom is -0.322 e. The van der Waals surface area contributed by atoms with Crippen molar-refractivity contribution in [2.75, 3.05) is 15.5 Å². The highest BCUT2D eigenvalue weighted by Gasteiger charge is 2.48. The van der Waals surface area contributed by atoms with Crippen LogP contribution in [-0.2, 0) is 9.59 Å². The van der Waals surface area contributed by atoms with Crippen LogP contribution in [0.2, 0.25) is 0 Å². The van der Waals surface area contributed by atoms with Gasteiger partial charge in [-0.2, -0.15) is 0 Å². The van der Waals surface area contributed by atoms with Crippen LogP contribution >= 0.6 is 0 Å². The Morgan fingerprint density at radius 3 is 2.00 bits per heavy atom. The number of carbonyl (C=O) groups is 4. The molecule has 3 aromatic rings. The average Bonchev–Trinajstić information content (AvgIpc) is 3.14. The molecule has 1 fully saturated rings. The van der Waals surface area contributed by atoms with Crippen molar-refractivity contribution in [1.82, 2.24) is 0 Å². The Morgan fingerprint density at radius 1 is 0.750 bits per heavy atom. The molecule has 36 heavy (non-hydrogen) atoms. The fourth-order valence-electron chi connectivity index (χ4n) is 4.71. The van der Waals surface area contributed by atoms with Gasteiger partial charge in [0, 0.05) is 22.5 Å². The van der Waals surface area contributed by atoms with Gasteiger partial charge in [-0.3, -0.25) is 24.1 Å². The number of nitrogens with one attached hydrogen (secondary N) is 2. The average molecular weight is 480 g/mol. The number of hydrogen-bond acceptors (Lipinski definition) is 4. The van der Waals surface area contributed by atoms with Gasteiger partial charge >= 0.3 is 0 Å². The predicted molar refractivity (Wildman–Crippen MR) is 138 cm³/mol. The molecular formula is C29H25N3O4. The van der Waals surface area contributed by atoms with Crippen LogP contribution in [0.4, 0.5) is 17.1 Å². The highest BCUT2D eigenvalue weighted by atomic mass is 16.2. The first-order valence-electron chi connectivity index (χ1n) is 11.8. The van der Waals surface area contributed by atoms with E-state index >= 15 is 0 Å². The van der Waals surface area contributed by atoms with Gasteiger partial charge in [0.1, 0.15) is 0 Å². The molecule has 4 amide bonds. The lowest BCUT2D eigenvalue weighted by Gasteiger charge is -2.18. The highest BCUT2D eigenvalue weighted by molar-refractivity contribution is 6.22. The maximum atomic E-state index is 13.0. The van der Waals surface area contributed by atoms with Gasteiger partial charge in [0.05, 0.1) is 17.5 Å². The summed E-state index contributed by atoms with van der Waals surface area (Å²) >= 11 is 0. The van der Waals surface area contributed by atoms with Gasteiger partial charge in [0.2, 0.25) is 11.8 Å². The van der Waals surface area contributed by atoms with E-state index in [9.17, 15) is 19.2 Å². The highest BCUT2D eigenvalue weighted by Crippen LogP contribution is 2.39. The summed E-state index contributed by atoms with van der Waals surface area (Å²) in [5, 5.41) is 5.63. The smallest absolute Gasteiger partial charge is 0.255 e. The summed E-state index contributed by atoms with van der Waals surface area (Å²) in [6, 6.07) is 22.2. The Balaban J connectivity index is 1.26. The van der Waals surface area contributed by atoms with Crippen molar-refractivity contribution in [3.8, 4) is 0 Å². The van der Waals surface area contributed by atoms with Crippen molar-refractivity contribution in [2.45, 2.75) is 19.8 Å². The summed E-state index contributed by atoms with van der Waals surface area (Å²) < 4.78 is 0. The molecule has 0 aromatic heterocycles. The molecule has 0 saturated carbocycles. The number of anilines is 3. The molecule has 1 aliphatic carbocycles. The van der Waals surface area contributed by atoms with Crippen molar-refractivity contribution in [3.05, 3.63) is 102 Å². The summed E-state index contributed by atoms with van der Waals surface area (Å²) in [4.78, 5) is 52.4. The maximum absolute atomic E-state index is 13.0. The number of imide groups is 1. The number of hydrogen-bond donors (Lipinski definition) is 2. The van der Waals surface area contributed by atoms with Crippen LogP contribution in [0.1, 0.15) is 40.5 Å². The monoisotopic (exact) mass is 479 g/mol. The van der Waals surface area contributed by atoms with E-state index in [1.54, 1.807) is 72.8 Å². The lowest BCUT2D eigenvalue weighted by molar-refractivity contribution is -0.122. The van der Waals surface area contributed by atoms with Crippen molar-refractivity contribution in [3.63, 3.8) is 0 Å². The lowest BCUT2D eigenvalue weighted by atomic mass is 9.82. The number of fused-ring (bicyclic) bond motifs is 1. The topological polar surface area (TPSA) is 95.6 Å². The zero-order valence-corrected chi connectivity index (χ0v) is 19.7. The van der Waals surface area contributed by atoms with E-state index in [1.807, 2.05) is 19.1 Å². The number of amides is 4. The number of carbonyl (C=O) groups excluding carboxylic acids is 4. The van der Waals surface area contributed by atoms with Gasteiger partial charge in [0.15, 0.2) is 0 Å². The molecular weight excluding hydrogens is 454 g/mol. The van der Waals surface area contributed by atoms with Crippen LogP contribution in [0.15, 0.2) is 90.5 Å². The predicted octanol–water partition coefficient (Wildman–Crippen LogP) is 5.04. The molecule has 2 atom stereocenters. The van der Waals surface area contributed by atoms with Crippen LogP contribution in [0.3, 0.4) is 0 Å². The van der Waals surface area contributed by atoms with E-state index in [1.165, 1.54) is 4.90 Å². The summed E-state index contributed by atoms with van der Waals surface area (Å²) in [6.45, 7) is 1.98. The largest absolute Gasteiger partial charge is 0.322 e. The van der Waals surface area contributed by atoms with E-state index in [-0.39, 0.29) is 35.5 Å². The number of allylic oxidation sites excluding steroid dienone is 2. The quantitative estimate of drug-likeness (QED) is 0.396. The van der Waals surface area contributed by atoms with Gasteiger partial charge in [-0.05, 0) is 74.4 Å². The Kier molecular flexibility index (Phi) is 6.21. The molecule has 7 nitrogen and oxygen atoms in total. The van der Waals surface area contributed by atoms with Crippen LogP contribution in [-0.4, -0.2) is 23.6 Å². The van der Waals surface area contributed by atoms with Gasteiger partial charge in [-0.1, -0.05) is 35.9 Å². The van der Waals surface area contributed by atoms with Gasteiger partial charge < -0.3 is 10.6 Å². The van der Waals surface area contributed by atoms with E-state index in [0.717, 1.165) is 5.57 Å². The third kappa shape index (κ3) is 4.55. The first-order valence-corrected chi connectivity index (χ1v) is 11.8. The zero-order chi connectivity index (χ0) is 25.2. The van der Waals surface area contributed by atoms with Crippen molar-refractivity contribution >= 4 is 40.7 Å². The van der Waals surface area contributed by atoms with Crippen LogP contribution in [0.25, 0.3) is 0 Å². The van der Waals surface area contributed by atoms with E-state index in [4.69, 9.17) is 0 Å². The van der Waals surface area contributed by atoms with Crippen LogP contribution in [0, 0.1) is 11.8 Å². The first-order chi connectivity index (χ1) is 17.4. The molecule has 7 heteroatoms. The normalized spacial score (nSPS) is 18.9. The molecule has 5 rings (SSSR count). The Morgan fingerprint density at radius 2 is 1.33 bits per heavy atom. The fraction of sp³-hybridized carbons (Fsp3) is 0.172. The van der Waals surface area contributed by atoms with Crippen molar-refractivity contribution < 1.29 is 19.2 Å². The molecule has 0 unspecified atom stereocenters. The molecule has 2 N–H and O–H groups in total. The molecule has 0 bridgehead atoms. The molecule has 1 saturated heterocycles. The van der Waals surface area contributed by atoms with Gasteiger partial charge in [0.25, 0.3) is 11.8 Å². The second-order valence-corrected chi connectivity index (χ2v) is 9.12. The van der Waals surface area contributed by atoms with Gasteiger partial charge in [-0.15, -0.1) is 0 Å². The minimum absolute atomic E-state index is 0.205. The van der Waals surface area contributed by atoms with Crippen molar-refractivity contribution in [1.29, 1.82) is 0 Å². The molecule has 0 spiro atoms. The minimum atomic E-state index is -0.369. The standard InChI is InChI=1S/C29H25N3O4/c1-18-10-15-24-25(16-18)29(36)32(28(24)35)23-9-5-8-20(17-23)27(34)31-22-13-11-21(12-14-22)30-26(33)19-6-3-2-4-7-19/h2-14,17,24-25H,15-16H2,1H3,(H,30,33)(H,31,34)/t24-,25+/m0/s1. The van der Waals surface area contributed by atoms with Crippen LogP contribution in [0.5, 0.6) is 0 Å². The van der Waals surface area contributed by atoms with E-state index < -0.39 is 0 Å². The first kappa shape index (κ1) is 23.2. The molecule has 1 heterocycles. The number of rotatable bonds is 5. The number of benzene rings is 3. The second kappa shape index (κ2) is 9.62. The summed E-state index contributed by atoms with van der Waals surface area (Å²) in [5.74, 6) is -1.67. The van der Waals surface area contributed by atoms with E-state index in [2.05, 4.69) is 10.6 Å². The second-order valence-electron chi connectivity index (χ2n) is 9.12. The Labute approximate surface area is 208 Å². The molecule has 0 radical (unpaired) electrons. The Bertz CT molecular complexity index is 1380. The Hall–Kier alpha value is -4.52. The molecule has 2 aliphatic rings. The maximum Gasteiger partial charge on any atom is 0.255 e. The SMILES string of the molecule is CC1=CC[C@@H]2C(=O)N(c3cccc(C(=O)Nc4ccc(NC(=O)c5ccccc5)cc4)c3)C(=O)[C@@H]2C1. The zero-order valence-electron chi connectivity index (χ0n) is 19.7. The fourth-order valence-corrected chi connectivity index (χ4v) is 4.71. The molecule has 3 aromatic carbocycles. The third-order valence-electron chi connectivity index (χ3n) is 6.63. The molecule has 1 aliphatic heterocycles. The lowest BCUT2D eigenvalue weighted by Crippen LogP contribution is -2.31. The van der Waals surface area contributed by atoms with Gasteiger partial charge in [-0.25, -0.2) is 0 Å². The summed E-state index contributed by atoms with van der Waals surface area (Å²) in [6.07, 6.45) is 3.19. The van der Waals surface area contributed by atoms with Crippen LogP contribution < -0.4 is 15.5 Å². The van der Waals surface area contributed by atoms with E-state index in [0.29, 0.717) is 41.0 Å². The number of nitrogens with zero attached hydrogens (tertiary/aromatic N) is 1. The summed E-state index contributed by atoms with van der Waals surface area (Å²) in [7, 11) is 0. The van der Waals surface area contributed by atoms with Crippen molar-refractivity contribution in [2.24, 2.45) is 11.8 Å². The summed E-state index contributed by atoms with van der Waals surface area (Å²) in [5.41, 5.74) is 3.56. The molecule has 180 valence electrons.